The van der Waals surface area contributed by atoms with Gasteiger partial charge < -0.3 is 0 Å². The van der Waals surface area contributed by atoms with Crippen molar-refractivity contribution in [2.75, 3.05) is 0 Å². The molecule has 1 rings (SSSR count). The van der Waals surface area contributed by atoms with E-state index in [9.17, 15) is 0 Å². The summed E-state index contributed by atoms with van der Waals surface area (Å²) in [5.74, 6) is 0. The number of rotatable bonds is 0. The van der Waals surface area contributed by atoms with Gasteiger partial charge in [0.2, 0.25) is 0 Å². The van der Waals surface area contributed by atoms with Crippen LogP contribution in [0.4, 0.5) is 0 Å². The SMILES string of the molecule is I.[K+].[c-]1ccccc1. The van der Waals surface area contributed by atoms with Gasteiger partial charge in [-0.2, -0.15) is 36.4 Å². The van der Waals surface area contributed by atoms with Crippen molar-refractivity contribution in [3.63, 3.8) is 0 Å². The first kappa shape index (κ1) is 12.3. The molecule has 0 atom stereocenters. The molecular weight excluding hydrogens is 238 g/mol. The molecule has 0 radical (unpaired) electrons. The molecule has 38 valence electrons. The second-order valence-electron chi connectivity index (χ2n) is 1.08. The second kappa shape index (κ2) is 8.59. The molecule has 0 bridgehead atoms. The fourth-order valence-corrected chi connectivity index (χ4v) is 0.342. The van der Waals surface area contributed by atoms with Crippen molar-refractivity contribution in [3.05, 3.63) is 36.4 Å². The molecule has 0 saturated heterocycles. The molecule has 0 aliphatic rings. The van der Waals surface area contributed by atoms with E-state index in [0.717, 1.165) is 0 Å². The van der Waals surface area contributed by atoms with Crippen LogP contribution in [0.1, 0.15) is 0 Å². The Morgan fingerprint density at radius 1 is 0.875 bits per heavy atom. The molecule has 1 aromatic rings. The molecule has 0 fully saturated rings. The summed E-state index contributed by atoms with van der Waals surface area (Å²) in [4.78, 5) is 0. The predicted molar refractivity (Wildman–Crippen MR) is 40.7 cm³/mol. The van der Waals surface area contributed by atoms with E-state index in [1.165, 1.54) is 0 Å². The van der Waals surface area contributed by atoms with Gasteiger partial charge in [-0.05, 0) is 0 Å². The van der Waals surface area contributed by atoms with Gasteiger partial charge in [0.05, 0.1) is 0 Å². The maximum absolute atomic E-state index is 2.89. The van der Waals surface area contributed by atoms with Gasteiger partial charge in [-0.1, -0.05) is 0 Å². The molecule has 2 heteroatoms. The summed E-state index contributed by atoms with van der Waals surface area (Å²) in [7, 11) is 0. The largest absolute Gasteiger partial charge is 1.00 e. The van der Waals surface area contributed by atoms with Crippen LogP contribution in [0.25, 0.3) is 0 Å². The van der Waals surface area contributed by atoms with Crippen LogP contribution in [0.5, 0.6) is 0 Å². The summed E-state index contributed by atoms with van der Waals surface area (Å²) in [6.07, 6.45) is 0. The first-order valence-corrected chi connectivity index (χ1v) is 1.91. The number of hydrogen-bond donors (Lipinski definition) is 0. The van der Waals surface area contributed by atoms with Gasteiger partial charge in [0.25, 0.3) is 0 Å². The van der Waals surface area contributed by atoms with Gasteiger partial charge in [0.1, 0.15) is 0 Å². The van der Waals surface area contributed by atoms with Gasteiger partial charge in [-0.25, -0.2) is 0 Å². The average molecular weight is 244 g/mol. The molecule has 0 nitrogen and oxygen atoms in total. The molecule has 0 aromatic heterocycles. The third-order valence-electron chi connectivity index (χ3n) is 0.607. The summed E-state index contributed by atoms with van der Waals surface area (Å²) in [5, 5.41) is 0. The Kier molecular flexibility index (Phi) is 13.2. The first-order chi connectivity index (χ1) is 3.00. The smallest absolute Gasteiger partial charge is 0.184 e. The third kappa shape index (κ3) is 5.72. The molecule has 0 aliphatic heterocycles. The zero-order valence-corrected chi connectivity index (χ0v) is 10.2. The fourth-order valence-electron chi connectivity index (χ4n) is 0.342. The van der Waals surface area contributed by atoms with Gasteiger partial charge >= 0.3 is 51.4 Å². The van der Waals surface area contributed by atoms with E-state index in [0.29, 0.717) is 0 Å². The number of halogens is 1. The normalized spacial score (nSPS) is 6.00. The summed E-state index contributed by atoms with van der Waals surface area (Å²) in [5.41, 5.74) is 0. The van der Waals surface area contributed by atoms with Gasteiger partial charge in [-0.15, -0.1) is 24.0 Å². The zero-order chi connectivity index (χ0) is 4.24. The van der Waals surface area contributed by atoms with Crippen molar-refractivity contribution in [2.45, 2.75) is 0 Å². The van der Waals surface area contributed by atoms with E-state index < -0.39 is 0 Å². The minimum Gasteiger partial charge on any atom is -0.184 e. The molecule has 0 aliphatic carbocycles. The van der Waals surface area contributed by atoms with Crippen LogP contribution in [0.2, 0.25) is 0 Å². The average Bonchev–Trinajstić information content (AvgIpc) is 1.72. The molecule has 0 saturated carbocycles. The van der Waals surface area contributed by atoms with Crippen molar-refractivity contribution in [2.24, 2.45) is 0 Å². The van der Waals surface area contributed by atoms with Crippen molar-refractivity contribution >= 4 is 24.0 Å². The van der Waals surface area contributed by atoms with Gasteiger partial charge in [-0.3, -0.25) is 0 Å². The Balaban J connectivity index is 0. The molecule has 0 spiro atoms. The Morgan fingerprint density at radius 3 is 1.50 bits per heavy atom. The Hall–Kier alpha value is 1.59. The monoisotopic (exact) mass is 244 g/mol. The van der Waals surface area contributed by atoms with Crippen LogP contribution in [-0.2, 0) is 0 Å². The summed E-state index contributed by atoms with van der Waals surface area (Å²) < 4.78 is 0. The van der Waals surface area contributed by atoms with Crippen LogP contribution in [0.15, 0.2) is 30.3 Å². The molecule has 1 aromatic carbocycles. The predicted octanol–water partition coefficient (Wildman–Crippen LogP) is -0.891. The summed E-state index contributed by atoms with van der Waals surface area (Å²) in [6, 6.07) is 12.5. The Labute approximate surface area is 109 Å². The molecule has 8 heavy (non-hydrogen) atoms. The molecule has 0 N–H and O–H groups in total. The van der Waals surface area contributed by atoms with E-state index in [4.69, 9.17) is 0 Å². The molecule has 0 heterocycles. The number of hydrogen-bond acceptors (Lipinski definition) is 0. The van der Waals surface area contributed by atoms with E-state index in [1.807, 2.05) is 30.3 Å². The van der Waals surface area contributed by atoms with E-state index in [2.05, 4.69) is 6.07 Å². The van der Waals surface area contributed by atoms with Crippen molar-refractivity contribution in [3.8, 4) is 0 Å². The van der Waals surface area contributed by atoms with Crippen LogP contribution >= 0.6 is 24.0 Å². The van der Waals surface area contributed by atoms with Crippen molar-refractivity contribution in [1.29, 1.82) is 0 Å². The van der Waals surface area contributed by atoms with Crippen LogP contribution in [0, 0.1) is 6.07 Å². The Morgan fingerprint density at radius 2 is 1.38 bits per heavy atom. The van der Waals surface area contributed by atoms with Crippen molar-refractivity contribution in [1.82, 2.24) is 0 Å². The number of benzene rings is 1. The fraction of sp³-hybridized carbons (Fsp3) is 0. The Bertz CT molecular complexity index is 80.5. The van der Waals surface area contributed by atoms with Gasteiger partial charge in [0.15, 0.2) is 0 Å². The van der Waals surface area contributed by atoms with E-state index in [1.54, 1.807) is 0 Å². The maximum Gasteiger partial charge on any atom is 1.00 e. The quantitative estimate of drug-likeness (QED) is 0.315. The standard InChI is InChI=1S/C6H5.HI.K/c1-2-4-6-5-3-1;;/h1-5H;1H;/q-1;;+1. The zero-order valence-electron chi connectivity index (χ0n) is 4.79. The molecule has 0 amide bonds. The molecule has 0 unspecified atom stereocenters. The van der Waals surface area contributed by atoms with Crippen molar-refractivity contribution < 1.29 is 51.4 Å². The maximum atomic E-state index is 2.89. The van der Waals surface area contributed by atoms with E-state index in [-0.39, 0.29) is 75.4 Å². The minimum absolute atomic E-state index is 0. The summed E-state index contributed by atoms with van der Waals surface area (Å²) in [6.45, 7) is 0. The molecular formula is C6H6IK. The van der Waals surface area contributed by atoms with Crippen LogP contribution in [-0.4, -0.2) is 0 Å². The van der Waals surface area contributed by atoms with Gasteiger partial charge in [0, 0.05) is 0 Å². The second-order valence-corrected chi connectivity index (χ2v) is 1.08. The topological polar surface area (TPSA) is 0 Å². The first-order valence-electron chi connectivity index (χ1n) is 1.91. The summed E-state index contributed by atoms with van der Waals surface area (Å²) >= 11 is 0. The third-order valence-corrected chi connectivity index (χ3v) is 0.607. The van der Waals surface area contributed by atoms with Crippen LogP contribution in [0.3, 0.4) is 0 Å². The van der Waals surface area contributed by atoms with E-state index >= 15 is 0 Å². The minimum atomic E-state index is 0. The van der Waals surface area contributed by atoms with Crippen LogP contribution < -0.4 is 51.4 Å².